The Morgan fingerprint density at radius 1 is 1.56 bits per heavy atom. The lowest BCUT2D eigenvalue weighted by molar-refractivity contribution is -0.385. The lowest BCUT2D eigenvalue weighted by atomic mass is 10.1. The number of nitrogens with zero attached hydrogens (tertiary/aromatic N) is 1. The first-order valence-corrected chi connectivity index (χ1v) is 5.78. The monoisotopic (exact) mass is 311 g/mol. The lowest BCUT2D eigenvalue weighted by Gasteiger charge is -2.08. The highest BCUT2D eigenvalue weighted by Gasteiger charge is 2.22. The fourth-order valence-electron chi connectivity index (χ4n) is 1.31. The molecule has 0 fully saturated rings. The average Bonchev–Trinajstić information content (AvgIpc) is 2.30. The van der Waals surface area contributed by atoms with E-state index < -0.39 is 4.92 Å². The Bertz CT molecular complexity index is 522. The molecule has 5 nitrogen and oxygen atoms in total. The molecule has 1 aromatic rings. The van der Waals surface area contributed by atoms with Gasteiger partial charge in [-0.2, -0.15) is 0 Å². The zero-order chi connectivity index (χ0) is 13.7. The van der Waals surface area contributed by atoms with Crippen molar-refractivity contribution >= 4 is 27.4 Å². The molecule has 0 saturated heterocycles. The molecule has 0 unspecified atom stereocenters. The summed E-state index contributed by atoms with van der Waals surface area (Å²) in [6, 6.07) is 2.78. The van der Waals surface area contributed by atoms with Crippen LogP contribution >= 0.6 is 15.9 Å². The Morgan fingerprint density at radius 2 is 2.22 bits per heavy atom. The maximum atomic E-state index is 11.5. The molecule has 0 radical (unpaired) electrons. The Labute approximate surface area is 112 Å². The minimum Gasteiger partial charge on any atom is -0.473 e. The van der Waals surface area contributed by atoms with Gasteiger partial charge in [-0.3, -0.25) is 14.9 Å². The number of ether oxygens (including phenoxy) is 1. The lowest BCUT2D eigenvalue weighted by Crippen LogP contribution is -2.05. The number of carbonyl (C=O) groups is 1. The van der Waals surface area contributed by atoms with E-state index in [1.165, 1.54) is 19.1 Å². The van der Waals surface area contributed by atoms with E-state index in [0.717, 1.165) is 0 Å². The molecule has 6 heteroatoms. The van der Waals surface area contributed by atoms with Gasteiger partial charge >= 0.3 is 5.69 Å². The molecule has 1 rings (SSSR count). The van der Waals surface area contributed by atoms with Gasteiger partial charge in [0, 0.05) is 10.5 Å². The molecule has 94 valence electrons. The van der Waals surface area contributed by atoms with Gasteiger partial charge in [0.25, 0.3) is 0 Å². The molecule has 0 bridgehead atoms. The fraction of sp³-hybridized carbons (Fsp3) is 0.250. The van der Waals surface area contributed by atoms with E-state index in [2.05, 4.69) is 27.8 Å². The van der Waals surface area contributed by atoms with Crippen molar-refractivity contribution in [2.45, 2.75) is 13.8 Å². The van der Waals surface area contributed by atoms with Crippen LogP contribution in [0.15, 0.2) is 16.6 Å². The number of nitro groups is 1. The van der Waals surface area contributed by atoms with Crippen LogP contribution in [0.4, 0.5) is 5.69 Å². The van der Waals surface area contributed by atoms with Gasteiger partial charge in [0.2, 0.25) is 5.75 Å². The molecule has 1 aromatic carbocycles. The quantitative estimate of drug-likeness (QED) is 0.371. The normalized spacial score (nSPS) is 9.28. The number of benzene rings is 1. The summed E-state index contributed by atoms with van der Waals surface area (Å²) in [6.07, 6.45) is 0. The highest BCUT2D eigenvalue weighted by atomic mass is 79.9. The number of rotatable bonds is 4. The van der Waals surface area contributed by atoms with Gasteiger partial charge in [0.1, 0.15) is 6.61 Å². The first kappa shape index (κ1) is 14.2. The molecule has 18 heavy (non-hydrogen) atoms. The highest BCUT2D eigenvalue weighted by Crippen LogP contribution is 2.34. The number of hydrogen-bond acceptors (Lipinski definition) is 4. The standard InChI is InChI=1S/C12H10BrNO4/c1-3-4-5-18-12-10(8(2)15)6-9(13)7-11(12)14(16)17/h6-7H,5H2,1-2H3. The van der Waals surface area contributed by atoms with Crippen LogP contribution < -0.4 is 4.74 Å². The summed E-state index contributed by atoms with van der Waals surface area (Å²) in [6.45, 7) is 2.95. The molecule has 0 saturated carbocycles. The van der Waals surface area contributed by atoms with Crippen molar-refractivity contribution in [1.82, 2.24) is 0 Å². The molecule has 0 aromatic heterocycles. The first-order valence-electron chi connectivity index (χ1n) is 4.98. The second-order valence-corrected chi connectivity index (χ2v) is 4.25. The molecule has 0 amide bonds. The minimum atomic E-state index is -0.591. The summed E-state index contributed by atoms with van der Waals surface area (Å²) in [5.74, 6) is 4.88. The zero-order valence-corrected chi connectivity index (χ0v) is 11.4. The Hall–Kier alpha value is -1.87. The Kier molecular flexibility index (Phi) is 4.86. The van der Waals surface area contributed by atoms with Gasteiger partial charge in [-0.25, -0.2) is 0 Å². The third kappa shape index (κ3) is 3.31. The summed E-state index contributed by atoms with van der Waals surface area (Å²) in [4.78, 5) is 21.8. The van der Waals surface area contributed by atoms with Crippen molar-refractivity contribution in [2.75, 3.05) is 6.61 Å². The molecule has 0 aliphatic carbocycles. The van der Waals surface area contributed by atoms with Crippen molar-refractivity contribution in [3.8, 4) is 17.6 Å². The van der Waals surface area contributed by atoms with E-state index in [-0.39, 0.29) is 29.4 Å². The number of Topliss-reactive ketones (excluding diaryl/α,β-unsaturated/α-hetero) is 1. The number of nitro benzene ring substituents is 1. The maximum Gasteiger partial charge on any atom is 0.312 e. The second-order valence-electron chi connectivity index (χ2n) is 3.33. The summed E-state index contributed by atoms with van der Waals surface area (Å²) >= 11 is 3.13. The second kappa shape index (κ2) is 6.17. The van der Waals surface area contributed by atoms with Gasteiger partial charge in [-0.15, -0.1) is 5.92 Å². The summed E-state index contributed by atoms with van der Waals surface area (Å²) in [5.41, 5.74) is -0.0959. The van der Waals surface area contributed by atoms with Gasteiger partial charge < -0.3 is 4.74 Å². The third-order valence-electron chi connectivity index (χ3n) is 2.08. The molecule has 0 spiro atoms. The SMILES string of the molecule is CC#CCOc1c(C(C)=O)cc(Br)cc1[N+](=O)[O-]. The molecular formula is C12H10BrNO4. The van der Waals surface area contributed by atoms with Crippen LogP contribution in [0.25, 0.3) is 0 Å². The third-order valence-corrected chi connectivity index (χ3v) is 2.53. The van der Waals surface area contributed by atoms with E-state index in [1.807, 2.05) is 0 Å². The maximum absolute atomic E-state index is 11.5. The van der Waals surface area contributed by atoms with Crippen LogP contribution in [0.3, 0.4) is 0 Å². The van der Waals surface area contributed by atoms with Crippen molar-refractivity contribution in [3.63, 3.8) is 0 Å². The molecule has 0 atom stereocenters. The van der Waals surface area contributed by atoms with Crippen LogP contribution in [-0.2, 0) is 0 Å². The van der Waals surface area contributed by atoms with Crippen molar-refractivity contribution in [3.05, 3.63) is 32.3 Å². The van der Waals surface area contributed by atoms with Gasteiger partial charge in [0.05, 0.1) is 10.5 Å². The first-order chi connectivity index (χ1) is 8.47. The van der Waals surface area contributed by atoms with Crippen LogP contribution in [0.5, 0.6) is 5.75 Å². The van der Waals surface area contributed by atoms with Crippen LogP contribution in [0.1, 0.15) is 24.2 Å². The fourth-order valence-corrected chi connectivity index (χ4v) is 1.75. The van der Waals surface area contributed by atoms with Gasteiger partial charge in [-0.05, 0) is 19.9 Å². The van der Waals surface area contributed by atoms with E-state index in [4.69, 9.17) is 4.74 Å². The predicted molar refractivity (Wildman–Crippen MR) is 69.7 cm³/mol. The van der Waals surface area contributed by atoms with Crippen molar-refractivity contribution < 1.29 is 14.5 Å². The molecule has 0 N–H and O–H groups in total. The molecule has 0 heterocycles. The van der Waals surface area contributed by atoms with Gasteiger partial charge in [0.15, 0.2) is 5.78 Å². The Balaban J connectivity index is 3.34. The van der Waals surface area contributed by atoms with Crippen molar-refractivity contribution in [2.24, 2.45) is 0 Å². The molecule has 0 aliphatic rings. The number of hydrogen-bond donors (Lipinski definition) is 0. The number of carbonyl (C=O) groups excluding carboxylic acids is 1. The number of ketones is 1. The van der Waals surface area contributed by atoms with E-state index in [0.29, 0.717) is 4.47 Å². The van der Waals surface area contributed by atoms with E-state index >= 15 is 0 Å². The van der Waals surface area contributed by atoms with Crippen molar-refractivity contribution in [1.29, 1.82) is 0 Å². The van der Waals surface area contributed by atoms with Crippen LogP contribution in [-0.4, -0.2) is 17.3 Å². The molecule has 0 aliphatic heterocycles. The minimum absolute atomic E-state index is 0.000742. The largest absolute Gasteiger partial charge is 0.473 e. The summed E-state index contributed by atoms with van der Waals surface area (Å²) < 4.78 is 5.68. The van der Waals surface area contributed by atoms with Crippen LogP contribution in [0.2, 0.25) is 0 Å². The highest BCUT2D eigenvalue weighted by molar-refractivity contribution is 9.10. The summed E-state index contributed by atoms with van der Waals surface area (Å²) in [7, 11) is 0. The smallest absolute Gasteiger partial charge is 0.312 e. The zero-order valence-electron chi connectivity index (χ0n) is 9.82. The number of halogens is 1. The van der Waals surface area contributed by atoms with E-state index in [1.54, 1.807) is 6.92 Å². The predicted octanol–water partition coefficient (Wildman–Crippen LogP) is 2.96. The average molecular weight is 312 g/mol. The van der Waals surface area contributed by atoms with Crippen LogP contribution in [0, 0.1) is 22.0 Å². The molecular weight excluding hydrogens is 302 g/mol. The summed E-state index contributed by atoms with van der Waals surface area (Å²) in [5, 5.41) is 10.9. The van der Waals surface area contributed by atoms with E-state index in [9.17, 15) is 14.9 Å². The Morgan fingerprint density at radius 3 is 2.72 bits per heavy atom. The topological polar surface area (TPSA) is 69.4 Å². The van der Waals surface area contributed by atoms with Gasteiger partial charge in [-0.1, -0.05) is 21.9 Å².